The molecule has 0 bridgehead atoms. The second-order valence-corrected chi connectivity index (χ2v) is 5.47. The highest BCUT2D eigenvalue weighted by atomic mass is 19.1. The van der Waals surface area contributed by atoms with Crippen molar-refractivity contribution in [2.45, 2.75) is 32.5 Å². The van der Waals surface area contributed by atoms with E-state index < -0.39 is 23.7 Å². The minimum Gasteiger partial charge on any atom is -0.465 e. The predicted molar refractivity (Wildman–Crippen MR) is 76.6 cm³/mol. The second kappa shape index (κ2) is 6.52. The molecule has 0 spiro atoms. The number of rotatable bonds is 4. The summed E-state index contributed by atoms with van der Waals surface area (Å²) < 4.78 is 24.2. The Hall–Kier alpha value is -2.17. The van der Waals surface area contributed by atoms with Crippen molar-refractivity contribution in [2.24, 2.45) is 0 Å². The number of ether oxygens (including phenoxy) is 2. The minimum atomic E-state index is -1.84. The van der Waals surface area contributed by atoms with Gasteiger partial charge in [-0.1, -0.05) is 24.8 Å². The van der Waals surface area contributed by atoms with Crippen molar-refractivity contribution in [3.8, 4) is 0 Å². The van der Waals surface area contributed by atoms with Crippen LogP contribution in [0.15, 0.2) is 36.4 Å². The summed E-state index contributed by atoms with van der Waals surface area (Å²) in [5.74, 6) is -1.51. The van der Waals surface area contributed by atoms with Gasteiger partial charge in [-0.25, -0.2) is 14.0 Å². The highest BCUT2D eigenvalue weighted by Gasteiger charge is 2.28. The SMILES string of the molecule is C=C(C(=O)OC(C)(C)C)C(F)c1ccccc1C(=O)OC. The smallest absolute Gasteiger partial charge is 0.338 e. The number of methoxy groups -OCH3 is 1. The van der Waals surface area contributed by atoms with Crippen LogP contribution in [-0.2, 0) is 14.3 Å². The van der Waals surface area contributed by atoms with Gasteiger partial charge in [-0.05, 0) is 26.8 Å². The Kier molecular flexibility index (Phi) is 5.24. The van der Waals surface area contributed by atoms with E-state index in [9.17, 15) is 14.0 Å². The molecule has 0 N–H and O–H groups in total. The molecule has 1 aromatic rings. The van der Waals surface area contributed by atoms with Gasteiger partial charge in [0.25, 0.3) is 0 Å². The van der Waals surface area contributed by atoms with Crippen LogP contribution in [0, 0.1) is 0 Å². The lowest BCUT2D eigenvalue weighted by Gasteiger charge is -2.21. The molecular weight excluding hydrogens is 275 g/mol. The van der Waals surface area contributed by atoms with Crippen molar-refractivity contribution in [3.63, 3.8) is 0 Å². The molecule has 0 aliphatic heterocycles. The molecule has 0 aliphatic rings. The lowest BCUT2D eigenvalue weighted by molar-refractivity contribution is -0.150. The van der Waals surface area contributed by atoms with Gasteiger partial charge >= 0.3 is 11.9 Å². The number of hydrogen-bond acceptors (Lipinski definition) is 4. The van der Waals surface area contributed by atoms with Gasteiger partial charge in [0.15, 0.2) is 6.17 Å². The van der Waals surface area contributed by atoms with Gasteiger partial charge in [-0.15, -0.1) is 0 Å². The third-order valence-corrected chi connectivity index (χ3v) is 2.61. The second-order valence-electron chi connectivity index (χ2n) is 5.47. The fourth-order valence-corrected chi connectivity index (χ4v) is 1.65. The van der Waals surface area contributed by atoms with Gasteiger partial charge in [0, 0.05) is 5.56 Å². The lowest BCUT2D eigenvalue weighted by Crippen LogP contribution is -2.26. The minimum absolute atomic E-state index is 0.0280. The molecule has 4 nitrogen and oxygen atoms in total. The van der Waals surface area contributed by atoms with Crippen LogP contribution in [0.5, 0.6) is 0 Å². The quantitative estimate of drug-likeness (QED) is 0.631. The molecule has 0 aliphatic carbocycles. The van der Waals surface area contributed by atoms with Crippen molar-refractivity contribution in [1.29, 1.82) is 0 Å². The van der Waals surface area contributed by atoms with Crippen LogP contribution in [0.2, 0.25) is 0 Å². The van der Waals surface area contributed by atoms with E-state index in [-0.39, 0.29) is 16.7 Å². The molecule has 0 fully saturated rings. The van der Waals surface area contributed by atoms with Crippen molar-refractivity contribution in [2.75, 3.05) is 7.11 Å². The summed E-state index contributed by atoms with van der Waals surface area (Å²) in [5, 5.41) is 0. The number of alkyl halides is 1. The summed E-state index contributed by atoms with van der Waals surface area (Å²) in [4.78, 5) is 23.5. The molecule has 1 unspecified atom stereocenters. The molecule has 1 rings (SSSR count). The van der Waals surface area contributed by atoms with Crippen LogP contribution in [0.25, 0.3) is 0 Å². The van der Waals surface area contributed by atoms with E-state index in [1.165, 1.54) is 19.2 Å². The van der Waals surface area contributed by atoms with E-state index in [2.05, 4.69) is 11.3 Å². The number of benzene rings is 1. The molecule has 21 heavy (non-hydrogen) atoms. The zero-order valence-corrected chi connectivity index (χ0v) is 12.6. The van der Waals surface area contributed by atoms with Gasteiger partial charge < -0.3 is 9.47 Å². The fraction of sp³-hybridized carbons (Fsp3) is 0.375. The Morgan fingerprint density at radius 2 is 1.81 bits per heavy atom. The van der Waals surface area contributed by atoms with Crippen LogP contribution in [-0.4, -0.2) is 24.6 Å². The van der Waals surface area contributed by atoms with Gasteiger partial charge in [-0.2, -0.15) is 0 Å². The van der Waals surface area contributed by atoms with Gasteiger partial charge in [0.05, 0.1) is 18.2 Å². The van der Waals surface area contributed by atoms with E-state index in [0.717, 1.165) is 0 Å². The monoisotopic (exact) mass is 294 g/mol. The largest absolute Gasteiger partial charge is 0.465 e. The predicted octanol–water partition coefficient (Wildman–Crippen LogP) is 3.38. The van der Waals surface area contributed by atoms with Crippen molar-refractivity contribution >= 4 is 11.9 Å². The van der Waals surface area contributed by atoms with E-state index in [0.29, 0.717) is 0 Å². The summed E-state index contributed by atoms with van der Waals surface area (Å²) in [6.07, 6.45) is -1.84. The zero-order valence-electron chi connectivity index (χ0n) is 12.6. The first-order chi connectivity index (χ1) is 9.67. The maximum atomic E-state index is 14.5. The van der Waals surface area contributed by atoms with Gasteiger partial charge in [0.1, 0.15) is 5.60 Å². The number of carbonyl (C=O) groups is 2. The maximum Gasteiger partial charge on any atom is 0.338 e. The van der Waals surface area contributed by atoms with Crippen molar-refractivity contribution < 1.29 is 23.5 Å². The molecule has 0 amide bonds. The number of hydrogen-bond donors (Lipinski definition) is 0. The summed E-state index contributed by atoms with van der Waals surface area (Å²) in [6, 6.07) is 5.98. The number of esters is 2. The molecule has 0 saturated heterocycles. The average Bonchev–Trinajstić information content (AvgIpc) is 2.43. The third kappa shape index (κ3) is 4.41. The number of halogens is 1. The van der Waals surface area contributed by atoms with E-state index >= 15 is 0 Å². The lowest BCUT2D eigenvalue weighted by atomic mass is 9.98. The van der Waals surface area contributed by atoms with E-state index in [1.54, 1.807) is 32.9 Å². The van der Waals surface area contributed by atoms with Crippen molar-refractivity contribution in [3.05, 3.63) is 47.5 Å². The highest BCUT2D eigenvalue weighted by Crippen LogP contribution is 2.29. The number of carbonyl (C=O) groups excluding carboxylic acids is 2. The summed E-state index contributed by atoms with van der Waals surface area (Å²) in [6.45, 7) is 8.46. The van der Waals surface area contributed by atoms with Gasteiger partial charge in [-0.3, -0.25) is 0 Å². The first-order valence-corrected chi connectivity index (χ1v) is 6.41. The molecule has 1 atom stereocenters. The molecule has 0 aromatic heterocycles. The molecule has 0 radical (unpaired) electrons. The van der Waals surface area contributed by atoms with Crippen LogP contribution >= 0.6 is 0 Å². The first kappa shape index (κ1) is 16.9. The van der Waals surface area contributed by atoms with Crippen molar-refractivity contribution in [1.82, 2.24) is 0 Å². The van der Waals surface area contributed by atoms with Crippen LogP contribution < -0.4 is 0 Å². The standard InChI is InChI=1S/C16H19FO4/c1-10(14(18)21-16(2,3)4)13(17)11-8-6-7-9-12(11)15(19)20-5/h6-9,13H,1H2,2-5H3. The van der Waals surface area contributed by atoms with E-state index in [4.69, 9.17) is 4.74 Å². The zero-order chi connectivity index (χ0) is 16.2. The third-order valence-electron chi connectivity index (χ3n) is 2.61. The summed E-state index contributed by atoms with van der Waals surface area (Å²) in [7, 11) is 1.20. The molecule has 0 saturated carbocycles. The maximum absolute atomic E-state index is 14.5. The Morgan fingerprint density at radius 3 is 2.33 bits per heavy atom. The normalized spacial score (nSPS) is 12.4. The average molecular weight is 294 g/mol. The van der Waals surface area contributed by atoms with E-state index in [1.807, 2.05) is 0 Å². The Morgan fingerprint density at radius 1 is 1.24 bits per heavy atom. The fourth-order valence-electron chi connectivity index (χ4n) is 1.65. The Labute approximate surface area is 123 Å². The molecule has 0 heterocycles. The summed E-state index contributed by atoms with van der Waals surface area (Å²) >= 11 is 0. The first-order valence-electron chi connectivity index (χ1n) is 6.41. The molecular formula is C16H19FO4. The molecule has 114 valence electrons. The Balaban J connectivity index is 3.04. The Bertz CT molecular complexity index is 558. The highest BCUT2D eigenvalue weighted by molar-refractivity contribution is 5.93. The van der Waals surface area contributed by atoms with Crippen LogP contribution in [0.3, 0.4) is 0 Å². The molecule has 1 aromatic carbocycles. The summed E-state index contributed by atoms with van der Waals surface area (Å²) in [5.41, 5.74) is -1.03. The van der Waals surface area contributed by atoms with Gasteiger partial charge in [0.2, 0.25) is 0 Å². The van der Waals surface area contributed by atoms with Crippen LogP contribution in [0.1, 0.15) is 42.9 Å². The molecule has 5 heteroatoms. The van der Waals surface area contributed by atoms with Crippen LogP contribution in [0.4, 0.5) is 4.39 Å². The topological polar surface area (TPSA) is 52.6 Å².